The van der Waals surface area contributed by atoms with Crippen LogP contribution in [0.1, 0.15) is 5.56 Å². The van der Waals surface area contributed by atoms with Crippen molar-refractivity contribution in [2.45, 2.75) is 11.8 Å². The number of hydrogen-bond acceptors (Lipinski definition) is 6. The summed E-state index contributed by atoms with van der Waals surface area (Å²) >= 11 is 0. The zero-order valence-corrected chi connectivity index (χ0v) is 20.3. The second-order valence-corrected chi connectivity index (χ2v) is 9.86. The van der Waals surface area contributed by atoms with Crippen LogP contribution in [0.5, 0.6) is 5.75 Å². The van der Waals surface area contributed by atoms with Gasteiger partial charge in [-0.05, 0) is 77.5 Å². The Hall–Kier alpha value is -4.37. The van der Waals surface area contributed by atoms with Gasteiger partial charge in [0, 0.05) is 23.3 Å². The minimum Gasteiger partial charge on any atom is -0.496 e. The summed E-state index contributed by atoms with van der Waals surface area (Å²) in [4.78, 5) is 12.4. The topological polar surface area (TPSA) is 94.1 Å². The Labute approximate surface area is 207 Å². The van der Waals surface area contributed by atoms with Crippen molar-refractivity contribution >= 4 is 26.6 Å². The average Bonchev–Trinajstić information content (AvgIpc) is 2.87. The van der Waals surface area contributed by atoms with Crippen molar-refractivity contribution in [2.75, 3.05) is 11.8 Å². The molecular formula is C27H21FN4O3S. The number of rotatable bonds is 6. The van der Waals surface area contributed by atoms with E-state index < -0.39 is 10.0 Å². The summed E-state index contributed by atoms with van der Waals surface area (Å²) in [5.41, 5.74) is 3.74. The van der Waals surface area contributed by atoms with E-state index >= 15 is 0 Å². The SMILES string of the molecule is COc1cc(-c2cc(C)cc(F)c2)ccc1-c1nccc2cc(S(=O)(=O)Nc3ccncn3)ccc12. The minimum atomic E-state index is -3.85. The number of aryl methyl sites for hydroxylation is 1. The summed E-state index contributed by atoms with van der Waals surface area (Å²) in [6.45, 7) is 1.84. The van der Waals surface area contributed by atoms with E-state index in [2.05, 4.69) is 19.7 Å². The number of pyridine rings is 1. The van der Waals surface area contributed by atoms with E-state index in [-0.39, 0.29) is 16.5 Å². The lowest BCUT2D eigenvalue weighted by Crippen LogP contribution is -2.13. The average molecular weight is 501 g/mol. The van der Waals surface area contributed by atoms with Crippen molar-refractivity contribution in [1.29, 1.82) is 0 Å². The fraction of sp³-hybridized carbons (Fsp3) is 0.0741. The summed E-state index contributed by atoms with van der Waals surface area (Å²) in [6, 6.07) is 18.5. The normalized spacial score (nSPS) is 11.4. The molecule has 3 aromatic carbocycles. The Morgan fingerprint density at radius 2 is 1.75 bits per heavy atom. The van der Waals surface area contributed by atoms with Gasteiger partial charge in [-0.3, -0.25) is 9.71 Å². The predicted octanol–water partition coefficient (Wildman–Crippen LogP) is 5.62. The van der Waals surface area contributed by atoms with Crippen molar-refractivity contribution in [1.82, 2.24) is 15.0 Å². The molecule has 36 heavy (non-hydrogen) atoms. The molecular weight excluding hydrogens is 479 g/mol. The molecule has 5 aromatic rings. The number of anilines is 1. The molecule has 9 heteroatoms. The molecule has 0 aliphatic rings. The number of aromatic nitrogens is 3. The Bertz CT molecular complexity index is 1670. The Morgan fingerprint density at radius 1 is 0.889 bits per heavy atom. The molecule has 2 aromatic heterocycles. The number of sulfonamides is 1. The van der Waals surface area contributed by atoms with Crippen molar-refractivity contribution in [3.63, 3.8) is 0 Å². The predicted molar refractivity (Wildman–Crippen MR) is 137 cm³/mol. The van der Waals surface area contributed by atoms with E-state index in [0.29, 0.717) is 16.8 Å². The minimum absolute atomic E-state index is 0.0922. The molecule has 1 N–H and O–H groups in total. The maximum absolute atomic E-state index is 14.0. The second-order valence-electron chi connectivity index (χ2n) is 8.17. The van der Waals surface area contributed by atoms with Crippen molar-refractivity contribution in [3.05, 3.63) is 96.8 Å². The van der Waals surface area contributed by atoms with E-state index in [4.69, 9.17) is 4.74 Å². The van der Waals surface area contributed by atoms with Crippen LogP contribution in [0.4, 0.5) is 10.2 Å². The summed E-state index contributed by atoms with van der Waals surface area (Å²) in [6.07, 6.45) is 4.34. The van der Waals surface area contributed by atoms with E-state index in [1.807, 2.05) is 31.2 Å². The van der Waals surface area contributed by atoms with Gasteiger partial charge in [0.1, 0.15) is 23.7 Å². The first-order valence-electron chi connectivity index (χ1n) is 11.0. The first-order chi connectivity index (χ1) is 17.3. The lowest BCUT2D eigenvalue weighted by Gasteiger charge is -2.14. The molecule has 0 bridgehead atoms. The molecule has 0 atom stereocenters. The van der Waals surface area contributed by atoms with Gasteiger partial charge in [0.05, 0.1) is 17.7 Å². The van der Waals surface area contributed by atoms with Gasteiger partial charge in [0.15, 0.2) is 0 Å². The third kappa shape index (κ3) is 4.60. The number of halogens is 1. The highest BCUT2D eigenvalue weighted by Gasteiger charge is 2.18. The zero-order chi connectivity index (χ0) is 25.3. The fourth-order valence-corrected chi connectivity index (χ4v) is 5.10. The van der Waals surface area contributed by atoms with E-state index in [1.54, 1.807) is 31.5 Å². The van der Waals surface area contributed by atoms with Crippen LogP contribution in [0.3, 0.4) is 0 Å². The number of fused-ring (bicyclic) bond motifs is 1. The molecule has 0 spiro atoms. The van der Waals surface area contributed by atoms with Gasteiger partial charge in [-0.2, -0.15) is 0 Å². The monoisotopic (exact) mass is 500 g/mol. The van der Waals surface area contributed by atoms with Crippen LogP contribution in [0.15, 0.2) is 90.3 Å². The van der Waals surface area contributed by atoms with E-state index in [0.717, 1.165) is 27.6 Å². The molecule has 0 unspecified atom stereocenters. The van der Waals surface area contributed by atoms with Gasteiger partial charge >= 0.3 is 0 Å². The molecule has 0 amide bonds. The van der Waals surface area contributed by atoms with Crippen LogP contribution in [0.25, 0.3) is 33.2 Å². The number of hydrogen-bond donors (Lipinski definition) is 1. The molecule has 180 valence electrons. The molecule has 0 radical (unpaired) electrons. The quantitative estimate of drug-likeness (QED) is 0.325. The van der Waals surface area contributed by atoms with Crippen LogP contribution in [0, 0.1) is 12.7 Å². The lowest BCUT2D eigenvalue weighted by atomic mass is 9.98. The Kier molecular flexibility index (Phi) is 6.07. The maximum atomic E-state index is 14.0. The van der Waals surface area contributed by atoms with Crippen LogP contribution >= 0.6 is 0 Å². The molecule has 5 rings (SSSR count). The number of nitrogens with one attached hydrogen (secondary N) is 1. The van der Waals surface area contributed by atoms with Crippen LogP contribution in [0.2, 0.25) is 0 Å². The summed E-state index contributed by atoms with van der Waals surface area (Å²) in [5.74, 6) is 0.444. The van der Waals surface area contributed by atoms with E-state index in [9.17, 15) is 12.8 Å². The molecule has 0 aliphatic heterocycles. The van der Waals surface area contributed by atoms with Crippen LogP contribution < -0.4 is 9.46 Å². The number of methoxy groups -OCH3 is 1. The highest BCUT2D eigenvalue weighted by atomic mass is 32.2. The smallest absolute Gasteiger partial charge is 0.263 e. The molecule has 0 aliphatic carbocycles. The van der Waals surface area contributed by atoms with Crippen LogP contribution in [-0.4, -0.2) is 30.5 Å². The van der Waals surface area contributed by atoms with Gasteiger partial charge in [0.2, 0.25) is 0 Å². The number of benzene rings is 3. The van der Waals surface area contributed by atoms with Gasteiger partial charge < -0.3 is 4.74 Å². The lowest BCUT2D eigenvalue weighted by molar-refractivity contribution is 0.416. The van der Waals surface area contributed by atoms with Crippen molar-refractivity contribution in [3.8, 4) is 28.1 Å². The molecule has 0 saturated carbocycles. The second kappa shape index (κ2) is 9.35. The standard InChI is InChI=1S/C27H21FN4O3S/c1-17-11-20(13-21(28)12-17)18-3-5-24(25(15-18)35-2)27-23-6-4-22(14-19(23)7-10-30-27)36(33,34)32-26-8-9-29-16-31-26/h3-16H,1-2H3,(H,29,31,32). The summed E-state index contributed by atoms with van der Waals surface area (Å²) < 4.78 is 47.8. The highest BCUT2D eigenvalue weighted by molar-refractivity contribution is 7.92. The first kappa shape index (κ1) is 23.4. The van der Waals surface area contributed by atoms with E-state index in [1.165, 1.54) is 36.8 Å². The molecule has 2 heterocycles. The van der Waals surface area contributed by atoms with Gasteiger partial charge in [-0.25, -0.2) is 22.8 Å². The first-order valence-corrected chi connectivity index (χ1v) is 12.5. The Morgan fingerprint density at radius 3 is 2.50 bits per heavy atom. The summed E-state index contributed by atoms with van der Waals surface area (Å²) in [7, 11) is -2.29. The third-order valence-corrected chi connectivity index (χ3v) is 7.05. The Balaban J connectivity index is 1.55. The number of nitrogens with zero attached hydrogens (tertiary/aromatic N) is 3. The molecule has 7 nitrogen and oxygen atoms in total. The van der Waals surface area contributed by atoms with Crippen LogP contribution in [-0.2, 0) is 10.0 Å². The van der Waals surface area contributed by atoms with Gasteiger partial charge in [-0.1, -0.05) is 18.2 Å². The van der Waals surface area contributed by atoms with Gasteiger partial charge in [-0.15, -0.1) is 0 Å². The maximum Gasteiger partial charge on any atom is 0.263 e. The van der Waals surface area contributed by atoms with Crippen molar-refractivity contribution < 1.29 is 17.5 Å². The van der Waals surface area contributed by atoms with Crippen molar-refractivity contribution in [2.24, 2.45) is 0 Å². The summed E-state index contributed by atoms with van der Waals surface area (Å²) in [5, 5.41) is 1.45. The zero-order valence-electron chi connectivity index (χ0n) is 19.4. The third-order valence-electron chi connectivity index (χ3n) is 5.70. The number of ether oxygens (including phenoxy) is 1. The molecule has 0 saturated heterocycles. The van der Waals surface area contributed by atoms with Gasteiger partial charge in [0.25, 0.3) is 10.0 Å². The fourth-order valence-electron chi connectivity index (χ4n) is 4.05. The highest BCUT2D eigenvalue weighted by Crippen LogP contribution is 2.37. The molecule has 0 fully saturated rings. The largest absolute Gasteiger partial charge is 0.496 e.